The summed E-state index contributed by atoms with van der Waals surface area (Å²) in [5, 5.41) is 3.59. The van der Waals surface area contributed by atoms with Crippen molar-refractivity contribution in [1.29, 1.82) is 0 Å². The van der Waals surface area contributed by atoms with Crippen LogP contribution in [0.25, 0.3) is 0 Å². The van der Waals surface area contributed by atoms with E-state index in [0.29, 0.717) is 22.9 Å². The molecule has 0 unspecified atom stereocenters. The first-order valence-electron chi connectivity index (χ1n) is 7.08. The van der Waals surface area contributed by atoms with Crippen molar-refractivity contribution < 1.29 is 14.3 Å². The molecular weight excluding hydrogens is 325 g/mol. The Morgan fingerprint density at radius 1 is 1.18 bits per heavy atom. The molecule has 0 aliphatic heterocycles. The molecule has 0 saturated heterocycles. The molecule has 0 bridgehead atoms. The van der Waals surface area contributed by atoms with Gasteiger partial charge in [-0.25, -0.2) is 4.79 Å². The minimum absolute atomic E-state index is 0.0815. The molecule has 0 saturated carbocycles. The quantitative estimate of drug-likeness (QED) is 0.859. The first kappa shape index (κ1) is 18.8. The topological polar surface area (TPSA) is 55.4 Å². The van der Waals surface area contributed by atoms with Crippen molar-refractivity contribution in [3.63, 3.8) is 0 Å². The van der Waals surface area contributed by atoms with Gasteiger partial charge in [-0.3, -0.25) is 4.79 Å². The molecule has 0 spiro atoms. The number of carbonyl (C=O) groups is 2. The Balaban J connectivity index is 2.85. The number of hydrogen-bond donors (Lipinski definition) is 1. The summed E-state index contributed by atoms with van der Waals surface area (Å²) in [6.45, 7) is 7.04. The minimum atomic E-state index is -0.672. The predicted molar refractivity (Wildman–Crippen MR) is 88.6 cm³/mol. The van der Waals surface area contributed by atoms with Gasteiger partial charge in [-0.05, 0) is 51.0 Å². The fourth-order valence-corrected chi connectivity index (χ4v) is 2.48. The van der Waals surface area contributed by atoms with E-state index < -0.39 is 17.7 Å². The second-order valence-electron chi connectivity index (χ2n) is 6.00. The van der Waals surface area contributed by atoms with Gasteiger partial charge in [0.1, 0.15) is 5.60 Å². The van der Waals surface area contributed by atoms with Crippen LogP contribution in [-0.4, -0.2) is 23.5 Å². The van der Waals surface area contributed by atoms with Gasteiger partial charge in [-0.15, -0.1) is 0 Å². The Hall–Kier alpha value is -1.26. The number of hydrogen-bond acceptors (Lipinski definition) is 3. The molecule has 22 heavy (non-hydrogen) atoms. The lowest BCUT2D eigenvalue weighted by molar-refractivity contribution is -0.120. The van der Waals surface area contributed by atoms with E-state index in [1.54, 1.807) is 45.9 Å². The minimum Gasteiger partial charge on any atom is -0.444 e. The second kappa shape index (κ2) is 7.84. The molecule has 1 atom stereocenters. The number of halogens is 2. The third-order valence-corrected chi connectivity index (χ3v) is 3.23. The van der Waals surface area contributed by atoms with Crippen LogP contribution in [0.2, 0.25) is 10.0 Å². The average Bonchev–Trinajstić information content (AvgIpc) is 2.33. The largest absolute Gasteiger partial charge is 0.444 e. The van der Waals surface area contributed by atoms with Crippen molar-refractivity contribution in [3.8, 4) is 0 Å². The summed E-state index contributed by atoms with van der Waals surface area (Å²) in [4.78, 5) is 23.9. The standard InChI is InChI=1S/C16H21Cl2NO3/c1-5-14(20)13(19-15(21)22-16(2,3)4)8-10-6-11(17)9-12(18)7-10/h6-7,9,13H,5,8H2,1-4H3,(H,19,21)/t13-/m0/s1. The molecule has 6 heteroatoms. The fourth-order valence-electron chi connectivity index (χ4n) is 1.91. The van der Waals surface area contributed by atoms with Gasteiger partial charge in [0.25, 0.3) is 0 Å². The number of alkyl carbamates (subject to hydrolysis) is 1. The molecule has 0 aliphatic rings. The maximum atomic E-state index is 12.1. The van der Waals surface area contributed by atoms with Crippen molar-refractivity contribution in [2.75, 3.05) is 0 Å². The van der Waals surface area contributed by atoms with E-state index in [1.807, 2.05) is 0 Å². The molecule has 1 amide bonds. The van der Waals surface area contributed by atoms with Gasteiger partial charge in [0.2, 0.25) is 0 Å². The van der Waals surface area contributed by atoms with Gasteiger partial charge in [0, 0.05) is 16.5 Å². The van der Waals surface area contributed by atoms with Gasteiger partial charge in [0.05, 0.1) is 6.04 Å². The lowest BCUT2D eigenvalue weighted by Crippen LogP contribution is -2.44. The van der Waals surface area contributed by atoms with E-state index in [4.69, 9.17) is 27.9 Å². The summed E-state index contributed by atoms with van der Waals surface area (Å²) in [5.41, 5.74) is 0.156. The maximum Gasteiger partial charge on any atom is 0.408 e. The van der Waals surface area contributed by atoms with E-state index in [0.717, 1.165) is 5.56 Å². The highest BCUT2D eigenvalue weighted by Gasteiger charge is 2.23. The average molecular weight is 346 g/mol. The maximum absolute atomic E-state index is 12.1. The van der Waals surface area contributed by atoms with Crippen LogP contribution in [0, 0.1) is 0 Å². The van der Waals surface area contributed by atoms with Crippen LogP contribution in [0.1, 0.15) is 39.7 Å². The van der Waals surface area contributed by atoms with E-state index in [2.05, 4.69) is 5.32 Å². The first-order valence-corrected chi connectivity index (χ1v) is 7.83. The Morgan fingerprint density at radius 2 is 1.73 bits per heavy atom. The van der Waals surface area contributed by atoms with E-state index in [1.165, 1.54) is 0 Å². The lowest BCUT2D eigenvalue weighted by Gasteiger charge is -2.23. The molecule has 0 fully saturated rings. The van der Waals surface area contributed by atoms with Gasteiger partial charge >= 0.3 is 6.09 Å². The summed E-state index contributed by atoms with van der Waals surface area (Å²) < 4.78 is 5.19. The van der Waals surface area contributed by atoms with Crippen molar-refractivity contribution >= 4 is 35.1 Å². The zero-order valence-corrected chi connectivity index (χ0v) is 14.7. The van der Waals surface area contributed by atoms with E-state index >= 15 is 0 Å². The Bertz CT molecular complexity index is 533. The predicted octanol–water partition coefficient (Wildman–Crippen LogP) is 4.41. The molecule has 4 nitrogen and oxygen atoms in total. The Labute approximate surface area is 141 Å². The van der Waals surface area contributed by atoms with Gasteiger partial charge < -0.3 is 10.1 Å². The van der Waals surface area contributed by atoms with Crippen LogP contribution in [0.5, 0.6) is 0 Å². The molecule has 0 heterocycles. The molecule has 1 rings (SSSR count). The summed E-state index contributed by atoms with van der Waals surface area (Å²) >= 11 is 11.9. The van der Waals surface area contributed by atoms with Crippen LogP contribution >= 0.6 is 23.2 Å². The highest BCUT2D eigenvalue weighted by molar-refractivity contribution is 6.34. The Morgan fingerprint density at radius 3 is 2.18 bits per heavy atom. The molecule has 0 radical (unpaired) electrons. The fraction of sp³-hybridized carbons (Fsp3) is 0.500. The van der Waals surface area contributed by atoms with Crippen molar-refractivity contribution in [3.05, 3.63) is 33.8 Å². The number of carbonyl (C=O) groups excluding carboxylic acids is 2. The number of amides is 1. The van der Waals surface area contributed by atoms with E-state index in [9.17, 15) is 9.59 Å². The van der Waals surface area contributed by atoms with E-state index in [-0.39, 0.29) is 5.78 Å². The van der Waals surface area contributed by atoms with Crippen LogP contribution in [0.3, 0.4) is 0 Å². The van der Waals surface area contributed by atoms with Gasteiger partial charge in [-0.2, -0.15) is 0 Å². The molecule has 1 aromatic rings. The van der Waals surface area contributed by atoms with Crippen LogP contribution in [-0.2, 0) is 16.0 Å². The summed E-state index contributed by atoms with van der Waals surface area (Å²) in [5.74, 6) is -0.0815. The van der Waals surface area contributed by atoms with Crippen LogP contribution in [0.4, 0.5) is 4.79 Å². The number of ether oxygens (including phenoxy) is 1. The molecule has 122 valence electrons. The second-order valence-corrected chi connectivity index (χ2v) is 6.87. The number of Topliss-reactive ketones (excluding diaryl/α,β-unsaturated/α-hetero) is 1. The molecule has 0 aromatic heterocycles. The normalized spacial score (nSPS) is 12.6. The number of benzene rings is 1. The van der Waals surface area contributed by atoms with Gasteiger partial charge in [-0.1, -0.05) is 30.1 Å². The smallest absolute Gasteiger partial charge is 0.408 e. The number of nitrogens with one attached hydrogen (secondary N) is 1. The zero-order chi connectivity index (χ0) is 16.9. The highest BCUT2D eigenvalue weighted by Crippen LogP contribution is 2.20. The number of ketones is 1. The summed E-state index contributed by atoms with van der Waals surface area (Å²) in [7, 11) is 0. The van der Waals surface area contributed by atoms with Crippen LogP contribution in [0.15, 0.2) is 18.2 Å². The van der Waals surface area contributed by atoms with Crippen molar-refractivity contribution in [2.24, 2.45) is 0 Å². The zero-order valence-electron chi connectivity index (χ0n) is 13.2. The first-order chi connectivity index (χ1) is 10.1. The monoisotopic (exact) mass is 345 g/mol. The van der Waals surface area contributed by atoms with Gasteiger partial charge in [0.15, 0.2) is 5.78 Å². The lowest BCUT2D eigenvalue weighted by atomic mass is 10.0. The third kappa shape index (κ3) is 6.67. The van der Waals surface area contributed by atoms with Crippen LogP contribution < -0.4 is 5.32 Å². The molecular formula is C16H21Cl2NO3. The Kier molecular flexibility index (Phi) is 6.69. The third-order valence-electron chi connectivity index (χ3n) is 2.79. The molecule has 1 N–H and O–H groups in total. The highest BCUT2D eigenvalue weighted by atomic mass is 35.5. The van der Waals surface area contributed by atoms with Crippen molar-refractivity contribution in [1.82, 2.24) is 5.32 Å². The summed E-state index contributed by atoms with van der Waals surface area (Å²) in [6.07, 6.45) is 0.00783. The number of rotatable bonds is 5. The van der Waals surface area contributed by atoms with Crippen molar-refractivity contribution in [2.45, 2.75) is 52.2 Å². The molecule has 0 aliphatic carbocycles. The molecule has 1 aromatic carbocycles. The SMILES string of the molecule is CCC(=O)[C@H](Cc1cc(Cl)cc(Cl)c1)NC(=O)OC(C)(C)C. The summed E-state index contributed by atoms with van der Waals surface area (Å²) in [6, 6.07) is 4.39.